The van der Waals surface area contributed by atoms with E-state index in [9.17, 15) is 4.79 Å². The average molecular weight is 405 g/mol. The maximum absolute atomic E-state index is 12.3. The summed E-state index contributed by atoms with van der Waals surface area (Å²) in [5, 5.41) is 5.25. The maximum Gasteiger partial charge on any atom is 0.244 e. The lowest BCUT2D eigenvalue weighted by atomic mass is 10.1. The molecule has 3 aromatic rings. The number of hydrogen-bond donors (Lipinski definition) is 1. The van der Waals surface area contributed by atoms with Crippen molar-refractivity contribution in [3.05, 3.63) is 58.3 Å². The molecular formula is C19H21ClN4O2S. The van der Waals surface area contributed by atoms with Gasteiger partial charge >= 0.3 is 0 Å². The minimum Gasteiger partial charge on any atom is -0.497 e. The van der Waals surface area contributed by atoms with E-state index in [0.717, 1.165) is 16.3 Å². The molecule has 0 saturated carbocycles. The van der Waals surface area contributed by atoms with E-state index in [1.54, 1.807) is 13.2 Å². The number of carbonyl (C=O) groups is 1. The van der Waals surface area contributed by atoms with Gasteiger partial charge in [-0.15, -0.1) is 11.3 Å². The van der Waals surface area contributed by atoms with Gasteiger partial charge < -0.3 is 15.0 Å². The zero-order valence-corrected chi connectivity index (χ0v) is 16.9. The average Bonchev–Trinajstić information content (AvgIpc) is 3.21. The molecular weight excluding hydrogens is 384 g/mol. The Balaban J connectivity index is 1.65. The third kappa shape index (κ3) is 4.50. The molecule has 1 atom stereocenters. The van der Waals surface area contributed by atoms with Crippen LogP contribution in [0, 0.1) is 0 Å². The van der Waals surface area contributed by atoms with Crippen LogP contribution in [0.1, 0.15) is 17.3 Å². The van der Waals surface area contributed by atoms with Gasteiger partial charge in [0.1, 0.15) is 5.75 Å². The summed E-state index contributed by atoms with van der Waals surface area (Å²) in [4.78, 5) is 19.4. The van der Waals surface area contributed by atoms with Crippen LogP contribution in [0.25, 0.3) is 11.0 Å². The van der Waals surface area contributed by atoms with Crippen LogP contribution in [0.5, 0.6) is 5.75 Å². The summed E-state index contributed by atoms with van der Waals surface area (Å²) >= 11 is 7.63. The van der Waals surface area contributed by atoms with E-state index in [1.165, 1.54) is 17.4 Å². The Morgan fingerprint density at radius 3 is 2.81 bits per heavy atom. The summed E-state index contributed by atoms with van der Waals surface area (Å²) in [6, 6.07) is 7.90. The van der Waals surface area contributed by atoms with E-state index in [2.05, 4.69) is 15.2 Å². The van der Waals surface area contributed by atoms with Gasteiger partial charge in [0.05, 0.1) is 18.8 Å². The van der Waals surface area contributed by atoms with Gasteiger partial charge in [-0.05, 0) is 37.9 Å². The predicted molar refractivity (Wildman–Crippen MR) is 110 cm³/mol. The molecule has 1 unspecified atom stereocenters. The van der Waals surface area contributed by atoms with Crippen LogP contribution < -0.4 is 10.1 Å². The van der Waals surface area contributed by atoms with E-state index >= 15 is 0 Å². The predicted octanol–water partition coefficient (Wildman–Crippen LogP) is 3.49. The fourth-order valence-electron chi connectivity index (χ4n) is 2.76. The highest BCUT2D eigenvalue weighted by atomic mass is 35.5. The Hall–Kier alpha value is -2.35. The van der Waals surface area contributed by atoms with E-state index in [1.807, 2.05) is 54.3 Å². The van der Waals surface area contributed by atoms with E-state index in [4.69, 9.17) is 16.3 Å². The quantitative estimate of drug-likeness (QED) is 0.612. The van der Waals surface area contributed by atoms with Crippen molar-refractivity contribution >= 4 is 39.9 Å². The highest BCUT2D eigenvalue weighted by Crippen LogP contribution is 2.23. The van der Waals surface area contributed by atoms with Crippen LogP contribution in [0.3, 0.4) is 0 Å². The van der Waals surface area contributed by atoms with Crippen molar-refractivity contribution in [3.8, 4) is 5.75 Å². The van der Waals surface area contributed by atoms with Gasteiger partial charge in [0.2, 0.25) is 5.91 Å². The summed E-state index contributed by atoms with van der Waals surface area (Å²) in [6.45, 7) is 0.483. The molecule has 142 valence electrons. The normalized spacial score (nSPS) is 12.8. The molecule has 1 aromatic carbocycles. The Bertz CT molecular complexity index is 946. The lowest BCUT2D eigenvalue weighted by Crippen LogP contribution is -2.33. The van der Waals surface area contributed by atoms with Crippen molar-refractivity contribution in [1.29, 1.82) is 0 Å². The first kappa shape index (κ1) is 19.4. The topological polar surface area (TPSA) is 58.9 Å². The first-order chi connectivity index (χ1) is 13.0. The largest absolute Gasteiger partial charge is 0.497 e. The summed E-state index contributed by atoms with van der Waals surface area (Å²) in [7, 11) is 5.61. The number of hydrogen-bond acceptors (Lipinski definition) is 5. The summed E-state index contributed by atoms with van der Waals surface area (Å²) < 4.78 is 7.06. The fourth-order valence-corrected chi connectivity index (χ4v) is 3.77. The molecule has 2 aromatic heterocycles. The molecule has 2 heterocycles. The van der Waals surface area contributed by atoms with Crippen LogP contribution in [0.4, 0.5) is 0 Å². The van der Waals surface area contributed by atoms with Crippen molar-refractivity contribution in [2.24, 2.45) is 0 Å². The second-order valence-electron chi connectivity index (χ2n) is 6.17. The number of nitrogens with zero attached hydrogens (tertiary/aromatic N) is 3. The smallest absolute Gasteiger partial charge is 0.244 e. The molecule has 0 aliphatic carbocycles. The number of methoxy groups -OCH3 is 1. The summed E-state index contributed by atoms with van der Waals surface area (Å²) in [5.74, 6) is 0.622. The highest BCUT2D eigenvalue weighted by molar-refractivity contribution is 7.15. The summed E-state index contributed by atoms with van der Waals surface area (Å²) in [5.41, 5.74) is 1.80. The number of carbonyl (C=O) groups excluding carboxylic acids is 1. The van der Waals surface area contributed by atoms with Crippen molar-refractivity contribution < 1.29 is 9.53 Å². The van der Waals surface area contributed by atoms with Gasteiger partial charge in [-0.25, -0.2) is 4.98 Å². The van der Waals surface area contributed by atoms with Crippen molar-refractivity contribution in [2.45, 2.75) is 6.04 Å². The molecule has 0 saturated heterocycles. The number of amides is 1. The Morgan fingerprint density at radius 2 is 2.15 bits per heavy atom. The third-order valence-electron chi connectivity index (χ3n) is 4.24. The number of rotatable bonds is 7. The van der Waals surface area contributed by atoms with E-state index in [0.29, 0.717) is 17.4 Å². The molecule has 0 fully saturated rings. The summed E-state index contributed by atoms with van der Waals surface area (Å²) in [6.07, 6.45) is 5.04. The first-order valence-corrected chi connectivity index (χ1v) is 9.62. The lowest BCUT2D eigenvalue weighted by molar-refractivity contribution is -0.116. The van der Waals surface area contributed by atoms with Crippen molar-refractivity contribution in [2.75, 3.05) is 27.7 Å². The van der Waals surface area contributed by atoms with Crippen molar-refractivity contribution in [1.82, 2.24) is 19.6 Å². The molecule has 0 aliphatic rings. The monoisotopic (exact) mass is 404 g/mol. The molecule has 6 nitrogen and oxygen atoms in total. The van der Waals surface area contributed by atoms with Crippen LogP contribution in [0.2, 0.25) is 5.15 Å². The Labute approximate surface area is 167 Å². The molecule has 0 aliphatic heterocycles. The second kappa shape index (κ2) is 8.56. The van der Waals surface area contributed by atoms with Crippen molar-refractivity contribution in [3.63, 3.8) is 0 Å². The zero-order valence-electron chi connectivity index (χ0n) is 15.3. The van der Waals surface area contributed by atoms with Gasteiger partial charge in [0, 0.05) is 24.2 Å². The molecule has 0 spiro atoms. The number of likely N-dealkylation sites (N-methyl/N-ethyl adjacent to an activating group) is 1. The van der Waals surface area contributed by atoms with Gasteiger partial charge in [0.15, 0.2) is 10.1 Å². The number of aromatic nitrogens is 2. The van der Waals surface area contributed by atoms with Gasteiger partial charge in [-0.2, -0.15) is 0 Å². The molecule has 1 N–H and O–H groups in total. The van der Waals surface area contributed by atoms with Gasteiger partial charge in [0.25, 0.3) is 0 Å². The fraction of sp³-hybridized carbons (Fsp3) is 0.263. The van der Waals surface area contributed by atoms with Crippen LogP contribution in [0.15, 0.2) is 41.9 Å². The molecule has 0 radical (unpaired) electrons. The number of imidazole rings is 1. The molecule has 0 bridgehead atoms. The van der Waals surface area contributed by atoms with E-state index < -0.39 is 0 Å². The van der Waals surface area contributed by atoms with Gasteiger partial charge in [-0.3, -0.25) is 9.20 Å². The second-order valence-corrected chi connectivity index (χ2v) is 7.41. The third-order valence-corrected chi connectivity index (χ3v) is 5.28. The number of nitrogens with one attached hydrogen (secondary N) is 1. The minimum atomic E-state index is -0.184. The standard InChI is InChI=1S/C19H21ClN4O2S/c1-23(2)16(13-4-6-14(26-3)7-5-13)12-21-17(25)9-8-15-18(20)22-19-24(15)10-11-27-19/h4-11,16H,12H2,1-3H3,(H,21,25)/b9-8+. The number of ether oxygens (including phenoxy) is 1. The SMILES string of the molecule is COc1ccc(C(CNC(=O)/C=C/c2c(Cl)nc3sccn23)N(C)C)cc1. The molecule has 8 heteroatoms. The van der Waals surface area contributed by atoms with Crippen LogP contribution >= 0.6 is 22.9 Å². The first-order valence-electron chi connectivity index (χ1n) is 8.37. The van der Waals surface area contributed by atoms with Crippen LogP contribution in [-0.4, -0.2) is 47.9 Å². The lowest BCUT2D eigenvalue weighted by Gasteiger charge is -2.25. The zero-order chi connectivity index (χ0) is 19.4. The number of halogens is 1. The molecule has 27 heavy (non-hydrogen) atoms. The number of thiazole rings is 1. The highest BCUT2D eigenvalue weighted by Gasteiger charge is 2.15. The van der Waals surface area contributed by atoms with Gasteiger partial charge in [-0.1, -0.05) is 23.7 Å². The Kier molecular flexibility index (Phi) is 6.15. The molecule has 3 rings (SSSR count). The number of benzene rings is 1. The minimum absolute atomic E-state index is 0.0513. The Morgan fingerprint density at radius 1 is 1.41 bits per heavy atom. The molecule has 1 amide bonds. The van der Waals surface area contributed by atoms with E-state index in [-0.39, 0.29) is 11.9 Å². The maximum atomic E-state index is 12.3. The number of fused-ring (bicyclic) bond motifs is 1. The van der Waals surface area contributed by atoms with Crippen LogP contribution in [-0.2, 0) is 4.79 Å².